The average molecular weight is 256 g/mol. The quantitative estimate of drug-likeness (QED) is 0.868. The second-order valence-electron chi connectivity index (χ2n) is 4.42. The Morgan fingerprint density at radius 3 is 2.74 bits per heavy atom. The molecule has 0 unspecified atom stereocenters. The third kappa shape index (κ3) is 2.33. The molecule has 98 valence electrons. The fraction of sp³-hybridized carbons (Fsp3) is 0.0667. The summed E-state index contributed by atoms with van der Waals surface area (Å²) in [5.41, 5.74) is 2.94. The van der Waals surface area contributed by atoms with Gasteiger partial charge in [-0.1, -0.05) is 24.3 Å². The smallest absolute Gasteiger partial charge is 0.255 e. The predicted molar refractivity (Wildman–Crippen MR) is 77.4 cm³/mol. The van der Waals surface area contributed by atoms with Crippen LogP contribution in [0, 0.1) is 0 Å². The highest BCUT2D eigenvalue weighted by Gasteiger charge is 2.18. The average Bonchev–Trinajstić information content (AvgIpc) is 2.78. The van der Waals surface area contributed by atoms with Crippen LogP contribution >= 0.6 is 0 Å². The molecule has 1 aliphatic heterocycles. The van der Waals surface area contributed by atoms with Crippen LogP contribution < -0.4 is 10.6 Å². The molecule has 1 heterocycles. The van der Waals surface area contributed by atoms with E-state index in [0.717, 1.165) is 16.9 Å². The minimum atomic E-state index is -0.185. The summed E-state index contributed by atoms with van der Waals surface area (Å²) >= 11 is 0. The number of hydrogen-bond acceptors (Lipinski definition) is 2. The van der Waals surface area contributed by atoms with Gasteiger partial charge in [-0.2, -0.15) is 0 Å². The predicted octanol–water partition coefficient (Wildman–Crippen LogP) is 2.93. The number of anilines is 2. The van der Waals surface area contributed by atoms with Crippen molar-refractivity contribution in [1.82, 2.24) is 0 Å². The molecule has 0 aromatic heterocycles. The molecule has 0 saturated carbocycles. The number of hydrogen-bond donors (Lipinski definition) is 2. The topological polar surface area (TPSA) is 58.2 Å². The van der Waals surface area contributed by atoms with E-state index in [1.807, 2.05) is 36.4 Å². The Kier molecular flexibility index (Phi) is 2.76. The van der Waals surface area contributed by atoms with Gasteiger partial charge in [-0.15, -0.1) is 0 Å². The molecule has 2 N–H and O–H groups in total. The number of para-hydroxylation sites is 1. The van der Waals surface area contributed by atoms with Crippen molar-refractivity contribution in [3.63, 3.8) is 0 Å². The van der Waals surface area contributed by atoms with E-state index in [2.05, 4.69) is 10.6 Å². The molecule has 0 aliphatic carbocycles. The lowest BCUT2D eigenvalue weighted by molar-refractivity contribution is -0.115. The van der Waals surface area contributed by atoms with Gasteiger partial charge in [0.2, 0.25) is 5.91 Å². The van der Waals surface area contributed by atoms with Crippen molar-refractivity contribution in [2.24, 2.45) is 0 Å². The molecular weight excluding hydrogens is 240 g/mol. The maximum Gasteiger partial charge on any atom is 0.255 e. The van der Waals surface area contributed by atoms with Crippen LogP contribution in [0.25, 0.3) is 0 Å². The Labute approximate surface area is 113 Å². The zero-order chi connectivity index (χ0) is 13.2. The monoisotopic (exact) mass is 256 g/mol. The summed E-state index contributed by atoms with van der Waals surface area (Å²) in [6, 6.07) is 14.5. The first-order valence-electron chi connectivity index (χ1n) is 6.01. The summed E-state index contributed by atoms with van der Waals surface area (Å²) in [6.45, 7) is 0. The fourth-order valence-electron chi connectivity index (χ4n) is 2.08. The van der Waals surface area contributed by atoms with Gasteiger partial charge in [-0.3, -0.25) is 9.59 Å². The maximum absolute atomic E-state index is 12.1. The summed E-state index contributed by atoms with van der Waals surface area (Å²) in [7, 11) is 0. The summed E-state index contributed by atoms with van der Waals surface area (Å²) in [4.78, 5) is 23.3. The fourth-order valence-corrected chi connectivity index (χ4v) is 2.08. The first kappa shape index (κ1) is 11.5. The molecule has 0 saturated heterocycles. The Morgan fingerprint density at radius 1 is 1.16 bits per heavy atom. The number of fused-ring (bicyclic) bond motifs is 1. The number of carbonyl (C=O) groups is 2. The van der Waals surface area contributed by atoms with E-state index in [1.165, 1.54) is 0 Å². The van der Waals surface area contributed by atoms with E-state index < -0.39 is 0 Å². The van der Waals surface area contributed by atoms with E-state index in [4.69, 9.17) is 0 Å². The van der Waals surface area contributed by atoms with Gasteiger partial charge in [0.15, 0.2) is 0 Å². The Morgan fingerprint density at radius 2 is 1.95 bits per heavy atom. The molecule has 2 aromatic rings. The van der Waals surface area contributed by atoms with Crippen LogP contribution in [0.1, 0.15) is 18.8 Å². The number of amides is 2. The Hall–Kier alpha value is -2.62. The molecule has 2 aromatic carbocycles. The number of nitrogens with one attached hydrogen (secondary N) is 2. The summed E-state index contributed by atoms with van der Waals surface area (Å²) in [6.07, 6.45) is 0.385. The van der Waals surface area contributed by atoms with Crippen molar-refractivity contribution < 1.29 is 12.4 Å². The molecule has 3 rings (SSSR count). The zero-order valence-electron chi connectivity index (χ0n) is 10.1. The second-order valence-corrected chi connectivity index (χ2v) is 4.42. The van der Waals surface area contributed by atoms with Gasteiger partial charge in [0, 0.05) is 19.8 Å². The van der Waals surface area contributed by atoms with Crippen molar-refractivity contribution in [2.75, 3.05) is 10.6 Å². The zero-order valence-corrected chi connectivity index (χ0v) is 10.1. The Balaban J connectivity index is 0.00000110. The largest absolute Gasteiger partial charge is 0.326 e. The van der Waals surface area contributed by atoms with Crippen LogP contribution in [-0.4, -0.2) is 11.8 Å². The van der Waals surface area contributed by atoms with E-state index in [1.54, 1.807) is 12.1 Å². The van der Waals surface area contributed by atoms with Crippen LogP contribution in [0.2, 0.25) is 0 Å². The molecular formula is C15H16N2O2. The van der Waals surface area contributed by atoms with Crippen molar-refractivity contribution in [1.29, 1.82) is 0 Å². The van der Waals surface area contributed by atoms with Crippen LogP contribution in [-0.2, 0) is 11.2 Å². The molecule has 4 heteroatoms. The molecule has 1 aliphatic rings. The van der Waals surface area contributed by atoms with Crippen LogP contribution in [0.5, 0.6) is 0 Å². The number of rotatable bonds is 2. The van der Waals surface area contributed by atoms with Gasteiger partial charge in [-0.05, 0) is 29.8 Å². The molecule has 0 bridgehead atoms. The summed E-state index contributed by atoms with van der Waals surface area (Å²) in [5, 5.41) is 5.55. The minimum Gasteiger partial charge on any atom is -0.326 e. The van der Waals surface area contributed by atoms with Crippen molar-refractivity contribution in [3.8, 4) is 0 Å². The molecule has 0 spiro atoms. The van der Waals surface area contributed by atoms with E-state index in [0.29, 0.717) is 12.0 Å². The lowest BCUT2D eigenvalue weighted by Crippen LogP contribution is -2.12. The van der Waals surface area contributed by atoms with Gasteiger partial charge in [0.1, 0.15) is 0 Å². The Bertz CT molecular complexity index is 660. The van der Waals surface area contributed by atoms with Crippen molar-refractivity contribution in [2.45, 2.75) is 6.42 Å². The van der Waals surface area contributed by atoms with Gasteiger partial charge in [0.25, 0.3) is 5.91 Å². The minimum absolute atomic E-state index is 0. The molecule has 4 nitrogen and oxygen atoms in total. The normalized spacial score (nSPS) is 12.7. The summed E-state index contributed by atoms with van der Waals surface area (Å²) < 4.78 is 0. The third-order valence-corrected chi connectivity index (χ3v) is 3.03. The molecule has 0 fully saturated rings. The molecule has 0 radical (unpaired) electrons. The number of benzene rings is 2. The summed E-state index contributed by atoms with van der Waals surface area (Å²) in [5.74, 6) is -0.217. The van der Waals surface area contributed by atoms with E-state index in [-0.39, 0.29) is 14.7 Å². The van der Waals surface area contributed by atoms with Crippen molar-refractivity contribution >= 4 is 23.2 Å². The standard InChI is InChI=1S/C15H12N2O2.2H2/c18-14-9-10-6-7-11(8-13(10)17-14)15(19)16-12-4-2-1-3-5-12;;/h1-8H,9H2,(H,16,19)(H,17,18);2*1H. The van der Waals surface area contributed by atoms with Gasteiger partial charge >= 0.3 is 0 Å². The molecule has 2 amide bonds. The molecule has 19 heavy (non-hydrogen) atoms. The van der Waals surface area contributed by atoms with Crippen LogP contribution in [0.4, 0.5) is 11.4 Å². The lowest BCUT2D eigenvalue weighted by atomic mass is 10.1. The van der Waals surface area contributed by atoms with Crippen LogP contribution in [0.15, 0.2) is 48.5 Å². The first-order valence-corrected chi connectivity index (χ1v) is 6.01. The maximum atomic E-state index is 12.1. The third-order valence-electron chi connectivity index (χ3n) is 3.03. The van der Waals surface area contributed by atoms with Crippen molar-refractivity contribution in [3.05, 3.63) is 59.7 Å². The highest BCUT2D eigenvalue weighted by Crippen LogP contribution is 2.24. The SMILES string of the molecule is O=C1Cc2ccc(C(=O)Nc3ccccc3)cc2N1.[HH].[HH]. The highest BCUT2D eigenvalue weighted by atomic mass is 16.2. The lowest BCUT2D eigenvalue weighted by Gasteiger charge is -2.06. The van der Waals surface area contributed by atoms with Gasteiger partial charge < -0.3 is 10.6 Å². The van der Waals surface area contributed by atoms with Crippen LogP contribution in [0.3, 0.4) is 0 Å². The van der Waals surface area contributed by atoms with E-state index >= 15 is 0 Å². The molecule has 0 atom stereocenters. The van der Waals surface area contributed by atoms with Gasteiger partial charge in [0.05, 0.1) is 6.42 Å². The second kappa shape index (κ2) is 4.57. The highest BCUT2D eigenvalue weighted by molar-refractivity contribution is 6.07. The first-order chi connectivity index (χ1) is 9.22. The van der Waals surface area contributed by atoms with Gasteiger partial charge in [-0.25, -0.2) is 0 Å². The number of carbonyl (C=O) groups excluding carboxylic acids is 2. The van der Waals surface area contributed by atoms with E-state index in [9.17, 15) is 9.59 Å².